The predicted octanol–water partition coefficient (Wildman–Crippen LogP) is 4.20. The molecule has 0 aliphatic carbocycles. The first-order chi connectivity index (χ1) is 23.8. The highest BCUT2D eigenvalue weighted by Gasteiger charge is 2.34. The number of fused-ring (bicyclic) bond motifs is 5. The van der Waals surface area contributed by atoms with E-state index in [2.05, 4.69) is 16.0 Å². The second kappa shape index (κ2) is 16.8. The molecule has 4 bridgehead atoms. The number of ether oxygens (including phenoxy) is 2. The molecule has 0 radical (unpaired) electrons. The lowest BCUT2D eigenvalue weighted by Crippen LogP contribution is -2.56. The van der Waals surface area contributed by atoms with Gasteiger partial charge in [-0.25, -0.2) is 4.79 Å². The van der Waals surface area contributed by atoms with Gasteiger partial charge in [-0.3, -0.25) is 9.59 Å². The molecule has 1 aliphatic heterocycles. The highest BCUT2D eigenvalue weighted by Crippen LogP contribution is 2.33. The third-order valence-corrected chi connectivity index (χ3v) is 8.83. The first kappa shape index (κ1) is 35.1. The van der Waals surface area contributed by atoms with Crippen LogP contribution in [0.25, 0.3) is 11.1 Å². The Hall–Kier alpha value is -5.19. The fraction of sp³-hybridized carbons (Fsp3) is 0.308. The molecule has 1 aliphatic rings. The maximum absolute atomic E-state index is 13.9. The van der Waals surface area contributed by atoms with Crippen molar-refractivity contribution in [2.24, 2.45) is 0 Å². The lowest BCUT2D eigenvalue weighted by molar-refractivity contribution is -0.150. The van der Waals surface area contributed by atoms with E-state index in [9.17, 15) is 19.5 Å². The number of likely N-dealkylation sites (N-methyl/N-ethyl adjacent to an activating group) is 2. The van der Waals surface area contributed by atoms with E-state index in [1.54, 1.807) is 14.1 Å². The zero-order valence-electron chi connectivity index (χ0n) is 28.1. The van der Waals surface area contributed by atoms with Crippen molar-refractivity contribution in [3.8, 4) is 22.6 Å². The number of carbonyl (C=O) groups excluding carboxylic acids is 2. The lowest BCUT2D eigenvalue weighted by Gasteiger charge is -2.30. The quantitative estimate of drug-likeness (QED) is 0.188. The first-order valence-electron chi connectivity index (χ1n) is 16.5. The number of nitrogens with zero attached hydrogens (tertiary/aromatic N) is 1. The van der Waals surface area contributed by atoms with E-state index < -0.39 is 30.0 Å². The van der Waals surface area contributed by atoms with Crippen LogP contribution in [0.1, 0.15) is 28.7 Å². The van der Waals surface area contributed by atoms with Crippen LogP contribution in [0.2, 0.25) is 0 Å². The number of hydrogen-bond acceptors (Lipinski definition) is 7. The molecule has 4 aromatic carbocycles. The summed E-state index contributed by atoms with van der Waals surface area (Å²) in [7, 11) is 4.93. The Labute approximate surface area is 287 Å². The molecule has 10 heteroatoms. The number of amides is 2. The van der Waals surface area contributed by atoms with Crippen LogP contribution in [0, 0.1) is 0 Å². The fourth-order valence-corrected chi connectivity index (χ4v) is 5.95. The number of hydrogen-bond donors (Lipinski definition) is 4. The summed E-state index contributed by atoms with van der Waals surface area (Å²) in [4.78, 5) is 41.7. The number of carboxylic acids is 1. The molecule has 2 amide bonds. The van der Waals surface area contributed by atoms with Crippen molar-refractivity contribution in [3.63, 3.8) is 0 Å². The van der Waals surface area contributed by atoms with E-state index >= 15 is 0 Å². The molecule has 5 rings (SSSR count). The van der Waals surface area contributed by atoms with E-state index in [0.29, 0.717) is 36.8 Å². The molecule has 1 heterocycles. The highest BCUT2D eigenvalue weighted by molar-refractivity contribution is 5.92. The smallest absolute Gasteiger partial charge is 0.326 e. The average molecular weight is 665 g/mol. The van der Waals surface area contributed by atoms with Crippen molar-refractivity contribution in [3.05, 3.63) is 119 Å². The van der Waals surface area contributed by atoms with Gasteiger partial charge in [0.05, 0.1) is 6.04 Å². The molecule has 4 N–H and O–H groups in total. The van der Waals surface area contributed by atoms with Crippen LogP contribution in [0.4, 0.5) is 0 Å². The van der Waals surface area contributed by atoms with Crippen LogP contribution in [-0.2, 0) is 40.4 Å². The molecule has 0 saturated heterocycles. The van der Waals surface area contributed by atoms with Gasteiger partial charge in [-0.05, 0) is 84.7 Å². The summed E-state index contributed by atoms with van der Waals surface area (Å²) in [6.45, 7) is 1.08. The van der Waals surface area contributed by atoms with Crippen molar-refractivity contribution in [1.29, 1.82) is 0 Å². The Balaban J connectivity index is 1.60. The number of rotatable bonds is 11. The maximum Gasteiger partial charge on any atom is 0.326 e. The van der Waals surface area contributed by atoms with Crippen LogP contribution in [0.3, 0.4) is 0 Å². The Bertz CT molecular complexity index is 1730. The summed E-state index contributed by atoms with van der Waals surface area (Å²) in [6.07, 6.45) is 0.550. The molecule has 0 unspecified atom stereocenters. The summed E-state index contributed by atoms with van der Waals surface area (Å²) in [6, 6.07) is 28.3. The van der Waals surface area contributed by atoms with E-state index in [-0.39, 0.29) is 25.2 Å². The Morgan fingerprint density at radius 1 is 0.816 bits per heavy atom. The molecular formula is C39H44N4O6. The summed E-state index contributed by atoms with van der Waals surface area (Å²) < 4.78 is 12.6. The minimum Gasteiger partial charge on any atom is -0.489 e. The van der Waals surface area contributed by atoms with E-state index in [1.165, 1.54) is 11.9 Å². The van der Waals surface area contributed by atoms with Crippen LogP contribution < -0.4 is 25.4 Å². The molecule has 49 heavy (non-hydrogen) atoms. The van der Waals surface area contributed by atoms with Crippen molar-refractivity contribution in [1.82, 2.24) is 20.9 Å². The zero-order chi connectivity index (χ0) is 34.8. The van der Waals surface area contributed by atoms with Gasteiger partial charge in [-0.2, -0.15) is 0 Å². The van der Waals surface area contributed by atoms with Gasteiger partial charge in [0.1, 0.15) is 36.8 Å². The van der Waals surface area contributed by atoms with E-state index in [0.717, 1.165) is 27.8 Å². The minimum atomic E-state index is -1.22. The summed E-state index contributed by atoms with van der Waals surface area (Å²) in [5, 5.41) is 19.5. The van der Waals surface area contributed by atoms with Gasteiger partial charge in [0.25, 0.3) is 0 Å². The molecule has 10 nitrogen and oxygen atoms in total. The molecule has 4 aromatic rings. The Morgan fingerprint density at radius 3 is 1.84 bits per heavy atom. The van der Waals surface area contributed by atoms with Gasteiger partial charge in [-0.15, -0.1) is 0 Å². The summed E-state index contributed by atoms with van der Waals surface area (Å²) in [5.41, 5.74) is 5.13. The summed E-state index contributed by atoms with van der Waals surface area (Å²) >= 11 is 0. The standard InChI is InChI=1S/C39H44N4O6/c1-40-19-18-32-38(45)43(3)34(39(46)47)23-31-21-29(15-17-36(31)49-25-27-12-8-5-9-13-27)28-14-16-35(48-24-26-10-6-4-7-11-26)30(20-28)22-33(41-2)37(44)42-32/h4-17,20-21,32-34,40-41H,18-19,22-25H2,1-3H3,(H,42,44)(H,46,47)/t32-,33-,34-/m0/s1. The van der Waals surface area contributed by atoms with Crippen molar-refractivity contribution < 1.29 is 29.0 Å². The highest BCUT2D eigenvalue weighted by atomic mass is 16.5. The van der Waals surface area contributed by atoms with Gasteiger partial charge >= 0.3 is 5.97 Å². The third kappa shape index (κ3) is 9.04. The minimum absolute atomic E-state index is 0.00744. The molecule has 256 valence electrons. The van der Waals surface area contributed by atoms with Crippen LogP contribution in [0.5, 0.6) is 11.5 Å². The van der Waals surface area contributed by atoms with Gasteiger partial charge in [0, 0.05) is 19.9 Å². The average Bonchev–Trinajstić information content (AvgIpc) is 3.13. The van der Waals surface area contributed by atoms with E-state index in [1.807, 2.05) is 97.1 Å². The number of benzene rings is 4. The third-order valence-electron chi connectivity index (χ3n) is 8.83. The second-order valence-corrected chi connectivity index (χ2v) is 12.2. The Kier molecular flexibility index (Phi) is 12.0. The molecule has 3 atom stereocenters. The van der Waals surface area contributed by atoms with Gasteiger partial charge < -0.3 is 35.4 Å². The lowest BCUT2D eigenvalue weighted by atomic mass is 9.95. The molecule has 0 fully saturated rings. The van der Waals surface area contributed by atoms with Crippen molar-refractivity contribution in [2.45, 2.75) is 50.6 Å². The van der Waals surface area contributed by atoms with Gasteiger partial charge in [-0.1, -0.05) is 72.8 Å². The molecule has 0 spiro atoms. The largest absolute Gasteiger partial charge is 0.489 e. The number of nitrogens with one attached hydrogen (secondary N) is 3. The maximum atomic E-state index is 13.9. The number of carboxylic acid groups (broad SMARTS) is 1. The van der Waals surface area contributed by atoms with Crippen LogP contribution in [0.15, 0.2) is 97.1 Å². The normalized spacial score (nSPS) is 18.2. The van der Waals surface area contributed by atoms with Crippen LogP contribution in [-0.4, -0.2) is 73.6 Å². The molecule has 0 saturated carbocycles. The predicted molar refractivity (Wildman–Crippen MR) is 188 cm³/mol. The fourth-order valence-electron chi connectivity index (χ4n) is 5.95. The SMILES string of the molecule is CNCC[C@@H]1NC(=O)[C@@H](NC)Cc2cc(ccc2OCc2ccccc2)-c2ccc(OCc3ccccc3)c(c2)C[C@@H](C(=O)O)N(C)C1=O. The molecular weight excluding hydrogens is 620 g/mol. The van der Waals surface area contributed by atoms with Gasteiger partial charge in [0.2, 0.25) is 11.8 Å². The second-order valence-electron chi connectivity index (χ2n) is 12.2. The van der Waals surface area contributed by atoms with Crippen LogP contribution >= 0.6 is 0 Å². The van der Waals surface area contributed by atoms with Gasteiger partial charge in [0.15, 0.2) is 0 Å². The van der Waals surface area contributed by atoms with Crippen molar-refractivity contribution in [2.75, 3.05) is 27.7 Å². The molecule has 0 aromatic heterocycles. The Morgan fingerprint density at radius 2 is 1.35 bits per heavy atom. The number of carbonyl (C=O) groups is 3. The first-order valence-corrected chi connectivity index (χ1v) is 16.5. The number of aliphatic carboxylic acids is 1. The monoisotopic (exact) mass is 664 g/mol. The van der Waals surface area contributed by atoms with Crippen molar-refractivity contribution >= 4 is 17.8 Å². The zero-order valence-corrected chi connectivity index (χ0v) is 28.1. The summed E-state index contributed by atoms with van der Waals surface area (Å²) in [5.74, 6) is -0.850. The van der Waals surface area contributed by atoms with E-state index in [4.69, 9.17) is 9.47 Å². The topological polar surface area (TPSA) is 129 Å².